The summed E-state index contributed by atoms with van der Waals surface area (Å²) in [5.41, 5.74) is 2.97. The molecule has 1 heterocycles. The van der Waals surface area contributed by atoms with Crippen molar-refractivity contribution in [2.45, 2.75) is 72.3 Å². The summed E-state index contributed by atoms with van der Waals surface area (Å²) in [6, 6.07) is 16.1. The van der Waals surface area contributed by atoms with Crippen LogP contribution in [-0.4, -0.2) is 10.7 Å². The number of hydrogen-bond donors (Lipinski definition) is 1. The summed E-state index contributed by atoms with van der Waals surface area (Å²) in [6.45, 7) is 9.95. The number of aryl methyl sites for hydroxylation is 1. The smallest absolute Gasteiger partial charge is 0.344 e. The molecule has 0 aliphatic heterocycles. The van der Waals surface area contributed by atoms with Gasteiger partial charge in [-0.25, -0.2) is 4.79 Å². The van der Waals surface area contributed by atoms with Gasteiger partial charge in [-0.3, -0.25) is 0 Å². The number of unbranched alkanes of at least 4 members (excludes halogenated alkanes) is 2. The molecule has 0 aliphatic carbocycles. The van der Waals surface area contributed by atoms with Crippen molar-refractivity contribution in [1.82, 2.24) is 0 Å². The lowest BCUT2D eigenvalue weighted by Crippen LogP contribution is -2.40. The molecule has 1 aromatic heterocycles. The van der Waals surface area contributed by atoms with Gasteiger partial charge in [0, 0.05) is 5.39 Å². The SMILES string of the molecule is CCCCCc1ccc(-c2cc3ccc(CC(C)(C)C(C)(C)O)cc3oc2=O)cc1. The van der Waals surface area contributed by atoms with Crippen molar-refractivity contribution in [2.75, 3.05) is 0 Å². The van der Waals surface area contributed by atoms with E-state index in [0.717, 1.165) is 22.9 Å². The van der Waals surface area contributed by atoms with Gasteiger partial charge in [0.25, 0.3) is 0 Å². The zero-order valence-electron chi connectivity index (χ0n) is 18.9. The van der Waals surface area contributed by atoms with Crippen LogP contribution in [-0.2, 0) is 12.8 Å². The van der Waals surface area contributed by atoms with Crippen LogP contribution in [0.15, 0.2) is 57.7 Å². The molecule has 3 aromatic rings. The summed E-state index contributed by atoms with van der Waals surface area (Å²) in [5.74, 6) is 0. The Morgan fingerprint density at radius 3 is 2.20 bits per heavy atom. The standard InChI is InChI=1S/C27H34O3/c1-6-7-8-9-19-10-13-21(14-11-19)23-17-22-15-12-20(16-24(22)30-25(23)28)18-26(2,3)27(4,5)29/h10-17,29H,6-9,18H2,1-5H3. The van der Waals surface area contributed by atoms with Crippen molar-refractivity contribution < 1.29 is 9.52 Å². The predicted octanol–water partition coefficient (Wildman–Crippen LogP) is 6.53. The highest BCUT2D eigenvalue weighted by Crippen LogP contribution is 2.34. The summed E-state index contributed by atoms with van der Waals surface area (Å²) >= 11 is 0. The maximum atomic E-state index is 12.7. The minimum atomic E-state index is -0.810. The first kappa shape index (κ1) is 22.3. The molecule has 160 valence electrons. The van der Waals surface area contributed by atoms with E-state index in [1.807, 2.05) is 58.0 Å². The fourth-order valence-electron chi connectivity index (χ4n) is 3.62. The number of fused-ring (bicyclic) bond motifs is 1. The first-order valence-electron chi connectivity index (χ1n) is 11.0. The number of benzene rings is 2. The van der Waals surface area contributed by atoms with E-state index in [1.54, 1.807) is 0 Å². The number of rotatable bonds is 8. The van der Waals surface area contributed by atoms with Crippen LogP contribution in [0.1, 0.15) is 65.0 Å². The van der Waals surface area contributed by atoms with E-state index in [4.69, 9.17) is 4.42 Å². The van der Waals surface area contributed by atoms with Gasteiger partial charge < -0.3 is 9.52 Å². The number of aliphatic hydroxyl groups is 1. The van der Waals surface area contributed by atoms with E-state index >= 15 is 0 Å². The molecule has 0 saturated heterocycles. The molecule has 0 saturated carbocycles. The Labute approximate surface area is 179 Å². The lowest BCUT2D eigenvalue weighted by molar-refractivity contribution is -0.0344. The van der Waals surface area contributed by atoms with Crippen LogP contribution in [0.2, 0.25) is 0 Å². The third-order valence-corrected chi connectivity index (χ3v) is 6.44. The van der Waals surface area contributed by atoms with Crippen LogP contribution in [0.5, 0.6) is 0 Å². The molecule has 0 fully saturated rings. The minimum absolute atomic E-state index is 0.306. The summed E-state index contributed by atoms with van der Waals surface area (Å²) in [4.78, 5) is 12.7. The van der Waals surface area contributed by atoms with Crippen molar-refractivity contribution in [3.8, 4) is 11.1 Å². The second-order valence-corrected chi connectivity index (χ2v) is 9.59. The van der Waals surface area contributed by atoms with Crippen LogP contribution in [0.3, 0.4) is 0 Å². The molecule has 0 aliphatic rings. The molecule has 3 rings (SSSR count). The molecule has 0 atom stereocenters. The van der Waals surface area contributed by atoms with Crippen LogP contribution in [0.4, 0.5) is 0 Å². The largest absolute Gasteiger partial charge is 0.422 e. The summed E-state index contributed by atoms with van der Waals surface area (Å²) in [5, 5.41) is 11.3. The topological polar surface area (TPSA) is 50.4 Å². The van der Waals surface area contributed by atoms with Crippen molar-refractivity contribution >= 4 is 11.0 Å². The molecule has 0 bridgehead atoms. The third kappa shape index (κ3) is 5.02. The maximum Gasteiger partial charge on any atom is 0.344 e. The van der Waals surface area contributed by atoms with Crippen LogP contribution in [0.25, 0.3) is 22.1 Å². The van der Waals surface area contributed by atoms with E-state index in [1.165, 1.54) is 24.8 Å². The van der Waals surface area contributed by atoms with Gasteiger partial charge in [-0.1, -0.05) is 70.0 Å². The molecule has 0 spiro atoms. The van der Waals surface area contributed by atoms with Gasteiger partial charge in [0.05, 0.1) is 11.2 Å². The molecule has 1 N–H and O–H groups in total. The monoisotopic (exact) mass is 406 g/mol. The second-order valence-electron chi connectivity index (χ2n) is 9.59. The Morgan fingerprint density at radius 2 is 1.57 bits per heavy atom. The Balaban J connectivity index is 1.87. The van der Waals surface area contributed by atoms with Gasteiger partial charge in [-0.15, -0.1) is 0 Å². The highest BCUT2D eigenvalue weighted by atomic mass is 16.4. The molecular formula is C27H34O3. The molecule has 3 heteroatoms. The van der Waals surface area contributed by atoms with Gasteiger partial charge in [0.2, 0.25) is 0 Å². The highest BCUT2D eigenvalue weighted by Gasteiger charge is 2.35. The van der Waals surface area contributed by atoms with Gasteiger partial charge in [-0.2, -0.15) is 0 Å². The van der Waals surface area contributed by atoms with E-state index in [9.17, 15) is 9.90 Å². The van der Waals surface area contributed by atoms with Crippen molar-refractivity contribution in [3.05, 3.63) is 70.1 Å². The summed E-state index contributed by atoms with van der Waals surface area (Å²) < 4.78 is 5.68. The van der Waals surface area contributed by atoms with Crippen molar-refractivity contribution in [2.24, 2.45) is 5.41 Å². The molecule has 3 nitrogen and oxygen atoms in total. The molecule has 0 unspecified atom stereocenters. The second kappa shape index (κ2) is 8.77. The van der Waals surface area contributed by atoms with E-state index < -0.39 is 5.60 Å². The van der Waals surface area contributed by atoms with Gasteiger partial charge in [0.1, 0.15) is 5.58 Å². The zero-order valence-corrected chi connectivity index (χ0v) is 18.9. The first-order chi connectivity index (χ1) is 14.1. The summed E-state index contributed by atoms with van der Waals surface area (Å²) in [7, 11) is 0. The third-order valence-electron chi connectivity index (χ3n) is 6.44. The Hall–Kier alpha value is -2.39. The van der Waals surface area contributed by atoms with Gasteiger partial charge in [-0.05, 0) is 67.3 Å². The zero-order chi connectivity index (χ0) is 21.9. The van der Waals surface area contributed by atoms with Crippen molar-refractivity contribution in [1.29, 1.82) is 0 Å². The molecule has 30 heavy (non-hydrogen) atoms. The predicted molar refractivity (Wildman–Crippen MR) is 125 cm³/mol. The van der Waals surface area contributed by atoms with Gasteiger partial charge in [0.15, 0.2) is 0 Å². The Kier molecular flexibility index (Phi) is 6.52. The summed E-state index contributed by atoms with van der Waals surface area (Å²) in [6.07, 6.45) is 5.42. The van der Waals surface area contributed by atoms with Crippen LogP contribution >= 0.6 is 0 Å². The maximum absolute atomic E-state index is 12.7. The quantitative estimate of drug-likeness (QED) is 0.342. The van der Waals surface area contributed by atoms with Gasteiger partial charge >= 0.3 is 5.63 Å². The Morgan fingerprint density at radius 1 is 0.900 bits per heavy atom. The molecule has 0 amide bonds. The van der Waals surface area contributed by atoms with E-state index in [2.05, 4.69) is 25.1 Å². The molecular weight excluding hydrogens is 372 g/mol. The fraction of sp³-hybridized carbons (Fsp3) is 0.444. The average Bonchev–Trinajstić information content (AvgIpc) is 2.67. The first-order valence-corrected chi connectivity index (χ1v) is 11.0. The van der Waals surface area contributed by atoms with Crippen LogP contribution in [0, 0.1) is 5.41 Å². The number of hydrogen-bond acceptors (Lipinski definition) is 3. The van der Waals surface area contributed by atoms with E-state index in [0.29, 0.717) is 17.6 Å². The van der Waals surface area contributed by atoms with Crippen molar-refractivity contribution in [3.63, 3.8) is 0 Å². The van der Waals surface area contributed by atoms with Crippen LogP contribution < -0.4 is 5.63 Å². The average molecular weight is 407 g/mol. The highest BCUT2D eigenvalue weighted by molar-refractivity contribution is 5.82. The lowest BCUT2D eigenvalue weighted by atomic mass is 9.73. The lowest BCUT2D eigenvalue weighted by Gasteiger charge is -2.37. The van der Waals surface area contributed by atoms with E-state index in [-0.39, 0.29) is 11.0 Å². The molecule has 0 radical (unpaired) electrons. The Bertz CT molecular complexity index is 1050. The fourth-order valence-corrected chi connectivity index (χ4v) is 3.62. The molecule has 2 aromatic carbocycles. The minimum Gasteiger partial charge on any atom is -0.422 e. The normalized spacial score (nSPS) is 12.5.